The normalized spacial score (nSPS) is 20.3. The quantitative estimate of drug-likeness (QED) is 0.596. The number of piperidine rings is 2. The number of rotatable bonds is 6. The molecule has 0 unspecified atom stereocenters. The van der Waals surface area contributed by atoms with Gasteiger partial charge < -0.3 is 19.9 Å². The summed E-state index contributed by atoms with van der Waals surface area (Å²) < 4.78 is 2.04. The topological polar surface area (TPSA) is 99.8 Å². The summed E-state index contributed by atoms with van der Waals surface area (Å²) in [5.41, 5.74) is 0.991. The minimum Gasteiger partial charge on any atom is -0.481 e. The van der Waals surface area contributed by atoms with Gasteiger partial charge >= 0.3 is 5.97 Å². The fourth-order valence-electron chi connectivity index (χ4n) is 3.78. The Balaban J connectivity index is 1.66. The van der Waals surface area contributed by atoms with E-state index in [1.807, 2.05) is 4.57 Å². The van der Waals surface area contributed by atoms with E-state index >= 15 is 0 Å². The van der Waals surface area contributed by atoms with Crippen LogP contribution in [-0.2, 0) is 9.59 Å². The molecule has 2 N–H and O–H groups in total. The first-order chi connectivity index (χ1) is 12.2. The van der Waals surface area contributed by atoms with E-state index in [4.69, 9.17) is 5.11 Å². The maximum atomic E-state index is 10.8. The Morgan fingerprint density at radius 3 is 2.68 bits per heavy atom. The van der Waals surface area contributed by atoms with Crippen LogP contribution in [0.15, 0.2) is 11.2 Å². The van der Waals surface area contributed by atoms with Crippen LogP contribution in [0.25, 0.3) is 0 Å². The fourth-order valence-corrected chi connectivity index (χ4v) is 3.78. The molecule has 8 nitrogen and oxygen atoms in total. The van der Waals surface area contributed by atoms with Crippen LogP contribution in [0.1, 0.15) is 49.8 Å². The van der Waals surface area contributed by atoms with Crippen LogP contribution < -0.4 is 5.32 Å². The highest BCUT2D eigenvalue weighted by atomic mass is 16.4. The molecule has 0 spiro atoms. The first-order valence-corrected chi connectivity index (χ1v) is 8.99. The number of nitrogens with one attached hydrogen (secondary N) is 1. The molecule has 0 amide bonds. The van der Waals surface area contributed by atoms with E-state index in [2.05, 4.69) is 26.4 Å². The van der Waals surface area contributed by atoms with E-state index in [0.29, 0.717) is 24.5 Å². The predicted molar refractivity (Wildman–Crippen MR) is 91.8 cm³/mol. The molecular formula is C17H25N5O3. The molecular weight excluding hydrogens is 322 g/mol. The summed E-state index contributed by atoms with van der Waals surface area (Å²) in [6.07, 6.45) is 7.79. The maximum Gasteiger partial charge on any atom is 0.304 e. The first-order valence-electron chi connectivity index (χ1n) is 8.99. The largest absolute Gasteiger partial charge is 0.481 e. The van der Waals surface area contributed by atoms with Crippen molar-refractivity contribution < 1.29 is 14.7 Å². The van der Waals surface area contributed by atoms with Crippen molar-refractivity contribution in [3.8, 4) is 0 Å². The third kappa shape index (κ3) is 4.54. The van der Waals surface area contributed by atoms with Crippen LogP contribution in [0.4, 0.5) is 5.95 Å². The molecule has 0 bridgehead atoms. The second kappa shape index (κ2) is 8.38. The smallest absolute Gasteiger partial charge is 0.304 e. The van der Waals surface area contributed by atoms with Gasteiger partial charge in [0.1, 0.15) is 0 Å². The molecule has 8 heteroatoms. The molecule has 2 saturated heterocycles. The van der Waals surface area contributed by atoms with E-state index in [1.165, 1.54) is 0 Å². The van der Waals surface area contributed by atoms with Crippen molar-refractivity contribution in [2.75, 3.05) is 32.7 Å². The molecule has 2 fully saturated rings. The number of carboxylic acids is 1. The van der Waals surface area contributed by atoms with Gasteiger partial charge in [-0.2, -0.15) is 0 Å². The number of carbonyl (C=O) groups is 1. The predicted octanol–water partition coefficient (Wildman–Crippen LogP) is 1.43. The van der Waals surface area contributed by atoms with E-state index in [0.717, 1.165) is 57.6 Å². The minimum absolute atomic E-state index is 0.188. The molecule has 1 aromatic heterocycles. The third-order valence-corrected chi connectivity index (χ3v) is 5.23. The van der Waals surface area contributed by atoms with Crippen LogP contribution in [0.2, 0.25) is 0 Å². The average molecular weight is 347 g/mol. The Morgan fingerprint density at radius 1 is 1.32 bits per heavy atom. The number of likely N-dealkylation sites (tertiary alicyclic amines) is 1. The van der Waals surface area contributed by atoms with Crippen molar-refractivity contribution in [2.24, 2.45) is 4.99 Å². The number of hydrogen-bond donors (Lipinski definition) is 2. The van der Waals surface area contributed by atoms with Gasteiger partial charge in [0.05, 0.1) is 12.1 Å². The van der Waals surface area contributed by atoms with Crippen molar-refractivity contribution in [2.45, 2.75) is 44.1 Å². The number of aromatic nitrogens is 2. The van der Waals surface area contributed by atoms with Gasteiger partial charge in [0.25, 0.3) is 0 Å². The fraction of sp³-hybridized carbons (Fsp3) is 0.706. The van der Waals surface area contributed by atoms with E-state index in [1.54, 1.807) is 6.08 Å². The lowest BCUT2D eigenvalue weighted by Gasteiger charge is -2.30. The summed E-state index contributed by atoms with van der Waals surface area (Å²) in [5, 5.41) is 12.1. The summed E-state index contributed by atoms with van der Waals surface area (Å²) >= 11 is 0. The maximum absolute atomic E-state index is 10.8. The summed E-state index contributed by atoms with van der Waals surface area (Å²) in [4.78, 5) is 32.1. The molecule has 136 valence electrons. The molecule has 0 aliphatic carbocycles. The van der Waals surface area contributed by atoms with Crippen molar-refractivity contribution >= 4 is 18.0 Å². The Kier molecular flexibility index (Phi) is 5.96. The SMILES string of the molecule is O=C=Nc1nc(C2CCN(CCC(=O)O)CC2)cn1C1CCNCC1. The minimum atomic E-state index is -0.751. The molecule has 3 rings (SSSR count). The Labute approximate surface area is 146 Å². The Bertz CT molecular complexity index is 639. The van der Waals surface area contributed by atoms with Gasteiger partial charge in [0.15, 0.2) is 0 Å². The molecule has 2 aliphatic heterocycles. The van der Waals surface area contributed by atoms with Crippen LogP contribution in [0.3, 0.4) is 0 Å². The highest BCUT2D eigenvalue weighted by Crippen LogP contribution is 2.32. The molecule has 25 heavy (non-hydrogen) atoms. The molecule has 0 radical (unpaired) electrons. The molecule has 1 aromatic rings. The van der Waals surface area contributed by atoms with E-state index in [-0.39, 0.29) is 6.42 Å². The summed E-state index contributed by atoms with van der Waals surface area (Å²) in [6, 6.07) is 0.324. The van der Waals surface area contributed by atoms with Gasteiger partial charge in [-0.05, 0) is 51.9 Å². The second-order valence-electron chi connectivity index (χ2n) is 6.82. The third-order valence-electron chi connectivity index (χ3n) is 5.23. The summed E-state index contributed by atoms with van der Waals surface area (Å²) in [7, 11) is 0. The van der Waals surface area contributed by atoms with Gasteiger partial charge in [0, 0.05) is 24.7 Å². The van der Waals surface area contributed by atoms with Crippen molar-refractivity contribution in [3.05, 3.63) is 11.9 Å². The van der Waals surface area contributed by atoms with Gasteiger partial charge in [-0.3, -0.25) is 4.79 Å². The molecule has 0 saturated carbocycles. The van der Waals surface area contributed by atoms with Crippen LogP contribution in [0.5, 0.6) is 0 Å². The zero-order chi connectivity index (χ0) is 17.6. The average Bonchev–Trinajstić information content (AvgIpc) is 3.05. The van der Waals surface area contributed by atoms with Gasteiger partial charge in [-0.1, -0.05) is 0 Å². The monoisotopic (exact) mass is 347 g/mol. The van der Waals surface area contributed by atoms with Crippen LogP contribution in [-0.4, -0.2) is 64.3 Å². The molecule has 3 heterocycles. The molecule has 2 aliphatic rings. The van der Waals surface area contributed by atoms with Gasteiger partial charge in [0.2, 0.25) is 12.0 Å². The number of imidazole rings is 1. The number of carboxylic acid groups (broad SMARTS) is 1. The highest BCUT2D eigenvalue weighted by molar-refractivity contribution is 5.66. The number of aliphatic imine (C=N–C) groups is 1. The Hall–Kier alpha value is -2.02. The summed E-state index contributed by atoms with van der Waals surface area (Å²) in [6.45, 7) is 4.29. The van der Waals surface area contributed by atoms with E-state index < -0.39 is 5.97 Å². The van der Waals surface area contributed by atoms with Crippen molar-refractivity contribution in [3.63, 3.8) is 0 Å². The van der Waals surface area contributed by atoms with Gasteiger partial charge in [-0.25, -0.2) is 9.78 Å². The zero-order valence-electron chi connectivity index (χ0n) is 14.4. The van der Waals surface area contributed by atoms with Crippen molar-refractivity contribution in [1.29, 1.82) is 0 Å². The summed E-state index contributed by atoms with van der Waals surface area (Å²) in [5.74, 6) is 0.0501. The number of carbonyl (C=O) groups excluding carboxylic acids is 1. The van der Waals surface area contributed by atoms with Gasteiger partial charge in [-0.15, -0.1) is 4.99 Å². The highest BCUT2D eigenvalue weighted by Gasteiger charge is 2.26. The first kappa shape index (κ1) is 17.8. The van der Waals surface area contributed by atoms with E-state index in [9.17, 15) is 9.59 Å². The number of aliphatic carboxylic acids is 1. The number of isocyanates is 1. The lowest BCUT2D eigenvalue weighted by atomic mass is 9.94. The van der Waals surface area contributed by atoms with Crippen LogP contribution >= 0.6 is 0 Å². The molecule has 0 aromatic carbocycles. The molecule has 0 atom stereocenters. The zero-order valence-corrected chi connectivity index (χ0v) is 14.4. The number of nitrogens with zero attached hydrogens (tertiary/aromatic N) is 4. The Morgan fingerprint density at radius 2 is 2.04 bits per heavy atom. The second-order valence-corrected chi connectivity index (χ2v) is 6.82. The lowest BCUT2D eigenvalue weighted by molar-refractivity contribution is -0.137. The standard InChI is InChI=1S/C17H25N5O3/c23-12-19-17-20-15(11-22(17)14-1-6-18-7-2-14)13-3-8-21(9-4-13)10-5-16(24)25/h11,13-14,18H,1-10H2,(H,24,25). The van der Waals surface area contributed by atoms with Crippen LogP contribution in [0, 0.1) is 0 Å². The van der Waals surface area contributed by atoms with Crippen molar-refractivity contribution in [1.82, 2.24) is 19.8 Å². The number of hydrogen-bond acceptors (Lipinski definition) is 6. The lowest BCUT2D eigenvalue weighted by Crippen LogP contribution is -2.34.